The van der Waals surface area contributed by atoms with Gasteiger partial charge in [-0.25, -0.2) is 4.79 Å². The van der Waals surface area contributed by atoms with Gasteiger partial charge in [0.1, 0.15) is 12.4 Å². The molecular weight excluding hydrogens is 234 g/mol. The number of ether oxygens (including phenoxy) is 3. The number of esters is 1. The van der Waals surface area contributed by atoms with E-state index in [4.69, 9.17) is 15.2 Å². The van der Waals surface area contributed by atoms with Crippen LogP contribution in [0.4, 0.5) is 5.69 Å². The monoisotopic (exact) mass is 251 g/mol. The fourth-order valence-electron chi connectivity index (χ4n) is 1.88. The molecule has 0 bridgehead atoms. The average molecular weight is 251 g/mol. The van der Waals surface area contributed by atoms with Crippen molar-refractivity contribution in [2.24, 2.45) is 0 Å². The van der Waals surface area contributed by atoms with Crippen LogP contribution in [0.25, 0.3) is 0 Å². The lowest BCUT2D eigenvalue weighted by Gasteiger charge is -2.12. The normalized spacial score (nSPS) is 18.6. The first-order valence-corrected chi connectivity index (χ1v) is 5.93. The molecule has 1 aliphatic heterocycles. The van der Waals surface area contributed by atoms with Crippen LogP contribution in [0.5, 0.6) is 5.75 Å². The van der Waals surface area contributed by atoms with Crippen LogP contribution in [0, 0.1) is 0 Å². The third kappa shape index (κ3) is 2.92. The second-order valence-electron chi connectivity index (χ2n) is 4.19. The molecule has 1 aliphatic rings. The highest BCUT2D eigenvalue weighted by atomic mass is 16.5. The van der Waals surface area contributed by atoms with Crippen LogP contribution in [-0.2, 0) is 9.47 Å². The highest BCUT2D eigenvalue weighted by Crippen LogP contribution is 2.21. The zero-order chi connectivity index (χ0) is 13.0. The summed E-state index contributed by atoms with van der Waals surface area (Å²) in [6, 6.07) is 4.96. The summed E-state index contributed by atoms with van der Waals surface area (Å²) in [4.78, 5) is 11.5. The Morgan fingerprint density at radius 2 is 2.39 bits per heavy atom. The van der Waals surface area contributed by atoms with Crippen molar-refractivity contribution in [3.8, 4) is 5.75 Å². The molecule has 1 aromatic rings. The van der Waals surface area contributed by atoms with E-state index in [0.717, 1.165) is 19.4 Å². The van der Waals surface area contributed by atoms with E-state index in [1.807, 2.05) is 0 Å². The van der Waals surface area contributed by atoms with Crippen molar-refractivity contribution in [1.29, 1.82) is 0 Å². The molecule has 18 heavy (non-hydrogen) atoms. The molecular formula is C13H17NO4. The number of carbonyl (C=O) groups is 1. The van der Waals surface area contributed by atoms with Crippen LogP contribution in [0.3, 0.4) is 0 Å². The SMILES string of the molecule is COC(=O)c1cc(OCC2CCCO2)ccc1N. The first kappa shape index (κ1) is 12.7. The average Bonchev–Trinajstić information content (AvgIpc) is 2.90. The Morgan fingerprint density at radius 1 is 1.56 bits per heavy atom. The maximum absolute atomic E-state index is 11.5. The largest absolute Gasteiger partial charge is 0.491 e. The van der Waals surface area contributed by atoms with E-state index >= 15 is 0 Å². The molecule has 0 saturated carbocycles. The summed E-state index contributed by atoms with van der Waals surface area (Å²) in [7, 11) is 1.32. The van der Waals surface area contributed by atoms with E-state index in [-0.39, 0.29) is 6.10 Å². The van der Waals surface area contributed by atoms with Crippen LogP contribution in [0.2, 0.25) is 0 Å². The molecule has 0 amide bonds. The molecule has 1 unspecified atom stereocenters. The van der Waals surface area contributed by atoms with Gasteiger partial charge in [0.25, 0.3) is 0 Å². The summed E-state index contributed by atoms with van der Waals surface area (Å²) in [5.74, 6) is 0.134. The van der Waals surface area contributed by atoms with Gasteiger partial charge in [0.05, 0.1) is 18.8 Å². The molecule has 1 saturated heterocycles. The highest BCUT2D eigenvalue weighted by molar-refractivity contribution is 5.95. The number of carbonyl (C=O) groups excluding carboxylic acids is 1. The predicted molar refractivity (Wildman–Crippen MR) is 66.7 cm³/mol. The Morgan fingerprint density at radius 3 is 3.06 bits per heavy atom. The van der Waals surface area contributed by atoms with E-state index in [9.17, 15) is 4.79 Å². The number of hydrogen-bond donors (Lipinski definition) is 1. The molecule has 0 spiro atoms. The third-order valence-electron chi connectivity index (χ3n) is 2.89. The molecule has 1 fully saturated rings. The van der Waals surface area contributed by atoms with E-state index in [1.54, 1.807) is 18.2 Å². The van der Waals surface area contributed by atoms with Crippen molar-refractivity contribution in [1.82, 2.24) is 0 Å². The molecule has 98 valence electrons. The maximum Gasteiger partial charge on any atom is 0.340 e. The minimum Gasteiger partial charge on any atom is -0.491 e. The van der Waals surface area contributed by atoms with E-state index in [1.165, 1.54) is 7.11 Å². The Labute approximate surface area is 106 Å². The van der Waals surface area contributed by atoms with Gasteiger partial charge in [0.15, 0.2) is 0 Å². The second-order valence-corrected chi connectivity index (χ2v) is 4.19. The molecule has 1 aromatic carbocycles. The summed E-state index contributed by atoms with van der Waals surface area (Å²) in [5, 5.41) is 0. The fourth-order valence-corrected chi connectivity index (χ4v) is 1.88. The van der Waals surface area contributed by atoms with Gasteiger partial charge in [-0.3, -0.25) is 0 Å². The number of nitrogens with two attached hydrogens (primary N) is 1. The lowest BCUT2D eigenvalue weighted by atomic mass is 10.1. The van der Waals surface area contributed by atoms with Crippen molar-refractivity contribution in [2.45, 2.75) is 18.9 Å². The van der Waals surface area contributed by atoms with Crippen molar-refractivity contribution in [2.75, 3.05) is 26.1 Å². The molecule has 1 heterocycles. The van der Waals surface area contributed by atoms with Gasteiger partial charge in [-0.2, -0.15) is 0 Å². The van der Waals surface area contributed by atoms with Crippen LogP contribution in [-0.4, -0.2) is 32.4 Å². The van der Waals surface area contributed by atoms with Crippen molar-refractivity contribution in [3.63, 3.8) is 0 Å². The van der Waals surface area contributed by atoms with Crippen LogP contribution in [0.1, 0.15) is 23.2 Å². The summed E-state index contributed by atoms with van der Waals surface area (Å²) in [6.45, 7) is 1.29. The lowest BCUT2D eigenvalue weighted by molar-refractivity contribution is 0.0599. The molecule has 1 atom stereocenters. The van der Waals surface area contributed by atoms with E-state index < -0.39 is 5.97 Å². The van der Waals surface area contributed by atoms with Crippen molar-refractivity contribution < 1.29 is 19.0 Å². The summed E-state index contributed by atoms with van der Waals surface area (Å²) < 4.78 is 15.7. The number of methoxy groups -OCH3 is 1. The molecule has 0 aliphatic carbocycles. The molecule has 5 heteroatoms. The van der Waals surface area contributed by atoms with Crippen molar-refractivity contribution in [3.05, 3.63) is 23.8 Å². The molecule has 5 nitrogen and oxygen atoms in total. The second kappa shape index (κ2) is 5.73. The Hall–Kier alpha value is -1.75. The first-order chi connectivity index (χ1) is 8.70. The van der Waals surface area contributed by atoms with Gasteiger partial charge < -0.3 is 19.9 Å². The zero-order valence-electron chi connectivity index (χ0n) is 10.3. The number of anilines is 1. The van der Waals surface area contributed by atoms with Gasteiger partial charge in [0.2, 0.25) is 0 Å². The highest BCUT2D eigenvalue weighted by Gasteiger charge is 2.17. The topological polar surface area (TPSA) is 70.8 Å². The summed E-state index contributed by atoms with van der Waals surface area (Å²) in [5.41, 5.74) is 6.41. The smallest absolute Gasteiger partial charge is 0.340 e. The quantitative estimate of drug-likeness (QED) is 0.650. The fraction of sp³-hybridized carbons (Fsp3) is 0.462. The van der Waals surface area contributed by atoms with Gasteiger partial charge in [0, 0.05) is 12.3 Å². The Kier molecular flexibility index (Phi) is 4.04. The van der Waals surface area contributed by atoms with Crippen LogP contribution in [0.15, 0.2) is 18.2 Å². The first-order valence-electron chi connectivity index (χ1n) is 5.93. The van der Waals surface area contributed by atoms with Crippen LogP contribution < -0.4 is 10.5 Å². The van der Waals surface area contributed by atoms with Gasteiger partial charge >= 0.3 is 5.97 Å². The Balaban J connectivity index is 2.02. The standard InChI is InChI=1S/C13H17NO4/c1-16-13(15)11-7-9(4-5-12(11)14)18-8-10-3-2-6-17-10/h4-5,7,10H,2-3,6,8,14H2,1H3. The van der Waals surface area contributed by atoms with Gasteiger partial charge in [-0.15, -0.1) is 0 Å². The zero-order valence-corrected chi connectivity index (χ0v) is 10.3. The molecule has 2 N–H and O–H groups in total. The molecule has 0 aromatic heterocycles. The van der Waals surface area contributed by atoms with E-state index in [2.05, 4.69) is 4.74 Å². The Bertz CT molecular complexity index is 427. The predicted octanol–water partition coefficient (Wildman–Crippen LogP) is 1.61. The van der Waals surface area contributed by atoms with Gasteiger partial charge in [-0.05, 0) is 31.0 Å². The maximum atomic E-state index is 11.5. The molecule has 2 rings (SSSR count). The summed E-state index contributed by atoms with van der Waals surface area (Å²) in [6.07, 6.45) is 2.23. The van der Waals surface area contributed by atoms with Crippen LogP contribution >= 0.6 is 0 Å². The van der Waals surface area contributed by atoms with E-state index in [0.29, 0.717) is 23.6 Å². The molecule has 0 radical (unpaired) electrons. The minimum atomic E-state index is -0.463. The minimum absolute atomic E-state index is 0.143. The summed E-state index contributed by atoms with van der Waals surface area (Å²) >= 11 is 0. The third-order valence-corrected chi connectivity index (χ3v) is 2.89. The van der Waals surface area contributed by atoms with Crippen molar-refractivity contribution >= 4 is 11.7 Å². The lowest BCUT2D eigenvalue weighted by Crippen LogP contribution is -2.16. The number of hydrogen-bond acceptors (Lipinski definition) is 5. The number of benzene rings is 1. The number of rotatable bonds is 4. The van der Waals surface area contributed by atoms with Gasteiger partial charge in [-0.1, -0.05) is 0 Å². The number of nitrogen functional groups attached to an aromatic ring is 1.